The third kappa shape index (κ3) is 3.39. The summed E-state index contributed by atoms with van der Waals surface area (Å²) in [4.78, 5) is 27.1. The first-order chi connectivity index (χ1) is 11.9. The van der Waals surface area contributed by atoms with Gasteiger partial charge in [0.1, 0.15) is 35.9 Å². The number of carboxylic acids is 1. The fourth-order valence-electron chi connectivity index (χ4n) is 2.57. The Balaban J connectivity index is 1.78. The summed E-state index contributed by atoms with van der Waals surface area (Å²) in [5.41, 5.74) is 4.54. The first kappa shape index (κ1) is 16.7. The van der Waals surface area contributed by atoms with Crippen LogP contribution in [0.25, 0.3) is 0 Å². The van der Waals surface area contributed by atoms with Gasteiger partial charge in [0.15, 0.2) is 5.82 Å². The van der Waals surface area contributed by atoms with E-state index in [9.17, 15) is 9.59 Å². The normalized spacial score (nSPS) is 14.8. The monoisotopic (exact) mass is 346 g/mol. The van der Waals surface area contributed by atoms with Crippen LogP contribution in [-0.4, -0.2) is 38.9 Å². The van der Waals surface area contributed by atoms with Crippen LogP contribution < -0.4 is 15.2 Å². The van der Waals surface area contributed by atoms with E-state index in [4.69, 9.17) is 20.3 Å². The molecule has 9 nitrogen and oxygen atoms in total. The Morgan fingerprint density at radius 3 is 2.44 bits per heavy atom. The molecule has 1 saturated carbocycles. The van der Waals surface area contributed by atoms with Crippen molar-refractivity contribution in [2.75, 3.05) is 7.11 Å². The number of carbonyl (C=O) groups excluding carboxylic acids is 1. The molecule has 1 amide bonds. The molecule has 0 atom stereocenters. The maximum absolute atomic E-state index is 11.7. The van der Waals surface area contributed by atoms with E-state index in [1.54, 1.807) is 31.4 Å². The van der Waals surface area contributed by atoms with Crippen molar-refractivity contribution in [3.8, 4) is 11.5 Å². The third-order valence-corrected chi connectivity index (χ3v) is 4.08. The van der Waals surface area contributed by atoms with E-state index in [0.717, 1.165) is 0 Å². The van der Waals surface area contributed by atoms with Crippen molar-refractivity contribution in [2.24, 2.45) is 5.73 Å². The Hall–Kier alpha value is -3.10. The number of primary amides is 1. The number of carboxylic acid groups (broad SMARTS) is 1. The zero-order valence-electron chi connectivity index (χ0n) is 13.6. The molecule has 1 aliphatic rings. The number of rotatable bonds is 8. The van der Waals surface area contributed by atoms with Gasteiger partial charge in [-0.3, -0.25) is 9.59 Å². The average Bonchev–Trinajstić information content (AvgIpc) is 3.30. The van der Waals surface area contributed by atoms with Crippen LogP contribution in [0.1, 0.15) is 24.5 Å². The molecule has 1 aliphatic carbocycles. The van der Waals surface area contributed by atoms with Crippen LogP contribution in [0.3, 0.4) is 0 Å². The molecule has 0 radical (unpaired) electrons. The molecular weight excluding hydrogens is 328 g/mol. The zero-order valence-corrected chi connectivity index (χ0v) is 13.6. The number of amides is 1. The lowest BCUT2D eigenvalue weighted by Crippen LogP contribution is -2.32. The smallest absolute Gasteiger partial charge is 0.325 e. The standard InChI is InChI=1S/C16H18N4O5/c1-24-10-2-4-11(5-3-10)25-9-12-18-15(16(6-7-16)14(17)23)20(19-12)8-13(21)22/h2-5H,6-9H2,1H3,(H2,17,23)(H,21,22). The molecule has 1 aromatic heterocycles. The summed E-state index contributed by atoms with van der Waals surface area (Å²) in [6.45, 7) is -0.347. The fraction of sp³-hybridized carbons (Fsp3) is 0.375. The first-order valence-corrected chi connectivity index (χ1v) is 7.67. The van der Waals surface area contributed by atoms with Crippen molar-refractivity contribution in [3.05, 3.63) is 35.9 Å². The van der Waals surface area contributed by atoms with Gasteiger partial charge in [-0.05, 0) is 37.1 Å². The second kappa shape index (κ2) is 6.42. The SMILES string of the molecule is COc1ccc(OCc2nc(C3(C(N)=O)CC3)n(CC(=O)O)n2)cc1. The van der Waals surface area contributed by atoms with E-state index in [-0.39, 0.29) is 19.0 Å². The highest BCUT2D eigenvalue weighted by Gasteiger charge is 2.54. The first-order valence-electron chi connectivity index (χ1n) is 7.67. The van der Waals surface area contributed by atoms with Crippen molar-refractivity contribution in [1.29, 1.82) is 0 Å². The predicted octanol–water partition coefficient (Wildman–Crippen LogP) is 0.467. The Labute approximate surface area is 143 Å². The molecule has 0 bridgehead atoms. The molecule has 0 aliphatic heterocycles. The van der Waals surface area contributed by atoms with Crippen LogP contribution in [0.5, 0.6) is 11.5 Å². The van der Waals surface area contributed by atoms with Gasteiger partial charge in [-0.1, -0.05) is 0 Å². The van der Waals surface area contributed by atoms with Crippen LogP contribution in [0.4, 0.5) is 0 Å². The number of nitrogens with two attached hydrogens (primary N) is 1. The van der Waals surface area contributed by atoms with Gasteiger partial charge in [-0.25, -0.2) is 9.67 Å². The average molecular weight is 346 g/mol. The molecule has 0 spiro atoms. The summed E-state index contributed by atoms with van der Waals surface area (Å²) >= 11 is 0. The van der Waals surface area contributed by atoms with Gasteiger partial charge >= 0.3 is 5.97 Å². The number of aromatic nitrogens is 3. The highest BCUT2D eigenvalue weighted by molar-refractivity contribution is 5.88. The second-order valence-corrected chi connectivity index (χ2v) is 5.81. The number of methoxy groups -OCH3 is 1. The largest absolute Gasteiger partial charge is 0.497 e. The number of hydrogen-bond acceptors (Lipinski definition) is 6. The van der Waals surface area contributed by atoms with Crippen LogP contribution >= 0.6 is 0 Å². The highest BCUT2D eigenvalue weighted by Crippen LogP contribution is 2.47. The van der Waals surface area contributed by atoms with Gasteiger partial charge in [0, 0.05) is 0 Å². The summed E-state index contributed by atoms with van der Waals surface area (Å²) < 4.78 is 11.9. The molecule has 25 heavy (non-hydrogen) atoms. The van der Waals surface area contributed by atoms with E-state index in [2.05, 4.69) is 10.1 Å². The lowest BCUT2D eigenvalue weighted by molar-refractivity contribution is -0.138. The maximum atomic E-state index is 11.7. The molecule has 132 valence electrons. The molecule has 2 aromatic rings. The van der Waals surface area contributed by atoms with Gasteiger partial charge in [-0.15, -0.1) is 0 Å². The fourth-order valence-corrected chi connectivity index (χ4v) is 2.57. The number of benzene rings is 1. The minimum Gasteiger partial charge on any atom is -0.497 e. The maximum Gasteiger partial charge on any atom is 0.325 e. The van der Waals surface area contributed by atoms with Crippen LogP contribution in [0.15, 0.2) is 24.3 Å². The summed E-state index contributed by atoms with van der Waals surface area (Å²) in [7, 11) is 1.57. The molecule has 9 heteroatoms. The molecule has 1 aromatic carbocycles. The minimum atomic E-state index is -1.07. The number of aliphatic carboxylic acids is 1. The molecular formula is C16H18N4O5. The second-order valence-electron chi connectivity index (χ2n) is 5.81. The van der Waals surface area contributed by atoms with Gasteiger partial charge in [-0.2, -0.15) is 5.10 Å². The van der Waals surface area contributed by atoms with Crippen LogP contribution in [-0.2, 0) is 28.2 Å². The predicted molar refractivity (Wildman–Crippen MR) is 85.1 cm³/mol. The lowest BCUT2D eigenvalue weighted by atomic mass is 10.1. The van der Waals surface area contributed by atoms with Gasteiger partial charge in [0.2, 0.25) is 5.91 Å². The van der Waals surface area contributed by atoms with Gasteiger partial charge in [0.25, 0.3) is 0 Å². The summed E-state index contributed by atoms with van der Waals surface area (Å²) in [5.74, 6) is 0.280. The van der Waals surface area contributed by atoms with Gasteiger partial charge < -0.3 is 20.3 Å². The van der Waals surface area contributed by atoms with E-state index >= 15 is 0 Å². The topological polar surface area (TPSA) is 130 Å². The van der Waals surface area contributed by atoms with Crippen molar-refractivity contribution < 1.29 is 24.2 Å². The quantitative estimate of drug-likeness (QED) is 0.710. The Kier molecular flexibility index (Phi) is 4.30. The number of hydrogen-bond donors (Lipinski definition) is 2. The third-order valence-electron chi connectivity index (χ3n) is 4.08. The molecule has 3 rings (SSSR count). The van der Waals surface area contributed by atoms with Crippen LogP contribution in [0, 0.1) is 0 Å². The van der Waals surface area contributed by atoms with E-state index in [1.165, 1.54) is 4.68 Å². The Bertz CT molecular complexity index is 795. The Morgan fingerprint density at radius 2 is 1.92 bits per heavy atom. The lowest BCUT2D eigenvalue weighted by Gasteiger charge is -2.10. The number of carbonyl (C=O) groups is 2. The summed E-state index contributed by atoms with van der Waals surface area (Å²) in [6, 6.07) is 6.98. The molecule has 0 unspecified atom stereocenters. The van der Waals surface area contributed by atoms with Crippen molar-refractivity contribution in [3.63, 3.8) is 0 Å². The molecule has 3 N–H and O–H groups in total. The van der Waals surface area contributed by atoms with E-state index in [0.29, 0.717) is 30.2 Å². The van der Waals surface area contributed by atoms with Crippen molar-refractivity contribution in [2.45, 2.75) is 31.4 Å². The van der Waals surface area contributed by atoms with Gasteiger partial charge in [0.05, 0.1) is 7.11 Å². The number of nitrogens with zero attached hydrogens (tertiary/aromatic N) is 3. The highest BCUT2D eigenvalue weighted by atomic mass is 16.5. The van der Waals surface area contributed by atoms with E-state index in [1.807, 2.05) is 0 Å². The molecule has 1 heterocycles. The molecule has 1 fully saturated rings. The van der Waals surface area contributed by atoms with Crippen molar-refractivity contribution >= 4 is 11.9 Å². The van der Waals surface area contributed by atoms with Crippen LogP contribution in [0.2, 0.25) is 0 Å². The molecule has 0 saturated heterocycles. The number of ether oxygens (including phenoxy) is 2. The zero-order chi connectivity index (χ0) is 18.0. The Morgan fingerprint density at radius 1 is 1.28 bits per heavy atom. The summed E-state index contributed by atoms with van der Waals surface area (Å²) in [6.07, 6.45) is 1.08. The van der Waals surface area contributed by atoms with Crippen molar-refractivity contribution in [1.82, 2.24) is 14.8 Å². The summed E-state index contributed by atoms with van der Waals surface area (Å²) in [5, 5.41) is 13.2. The van der Waals surface area contributed by atoms with E-state index < -0.39 is 17.3 Å². The minimum absolute atomic E-state index is 0.0425.